The van der Waals surface area contributed by atoms with E-state index in [9.17, 15) is 4.79 Å². The van der Waals surface area contributed by atoms with Gasteiger partial charge in [-0.15, -0.1) is 10.2 Å². The first-order chi connectivity index (χ1) is 14.8. The lowest BCUT2D eigenvalue weighted by Crippen LogP contribution is -2.19. The van der Waals surface area contributed by atoms with E-state index in [0.29, 0.717) is 0 Å². The van der Waals surface area contributed by atoms with Crippen LogP contribution in [0.3, 0.4) is 0 Å². The second-order valence-corrected chi connectivity index (χ2v) is 11.5. The van der Waals surface area contributed by atoms with Crippen LogP contribution >= 0.6 is 34.9 Å². The molecule has 0 saturated heterocycles. The summed E-state index contributed by atoms with van der Waals surface area (Å²) in [6.07, 6.45) is 1.65. The summed E-state index contributed by atoms with van der Waals surface area (Å²) in [5.74, 6) is 0.930. The summed E-state index contributed by atoms with van der Waals surface area (Å²) in [6, 6.07) is 16.7. The molecule has 31 heavy (non-hydrogen) atoms. The Morgan fingerprint density at radius 1 is 1.03 bits per heavy atom. The van der Waals surface area contributed by atoms with Gasteiger partial charge in [-0.2, -0.15) is 5.10 Å². The molecule has 3 rings (SSSR count). The number of nitrogens with zero attached hydrogens (tertiary/aromatic N) is 3. The molecular weight excluding hydrogens is 444 g/mol. The van der Waals surface area contributed by atoms with Gasteiger partial charge >= 0.3 is 0 Å². The molecule has 5 nitrogen and oxygen atoms in total. The van der Waals surface area contributed by atoms with Crippen molar-refractivity contribution in [1.29, 1.82) is 0 Å². The van der Waals surface area contributed by atoms with E-state index in [1.54, 1.807) is 18.0 Å². The third-order valence-electron chi connectivity index (χ3n) is 4.38. The minimum Gasteiger partial charge on any atom is -0.272 e. The lowest BCUT2D eigenvalue weighted by atomic mass is 9.87. The molecule has 0 radical (unpaired) electrons. The van der Waals surface area contributed by atoms with Crippen LogP contribution in [0, 0.1) is 6.92 Å². The standard InChI is InChI=1S/C23H26N4OS3/c1-16-5-7-18(8-6-16)14-29-21-26-27-22(31-21)30-15-20(28)25-24-13-17-9-11-19(12-10-17)23(2,3)4/h5-13H,14-15H2,1-4H3,(H,25,28)/b24-13+. The zero-order chi connectivity index (χ0) is 22.3. The summed E-state index contributed by atoms with van der Waals surface area (Å²) in [4.78, 5) is 12.0. The molecule has 2 aromatic carbocycles. The quantitative estimate of drug-likeness (QED) is 0.261. The second kappa shape index (κ2) is 10.9. The molecule has 0 fully saturated rings. The van der Waals surface area contributed by atoms with Gasteiger partial charge in [0.1, 0.15) is 0 Å². The van der Waals surface area contributed by atoms with Crippen molar-refractivity contribution in [3.05, 3.63) is 70.8 Å². The van der Waals surface area contributed by atoms with Crippen molar-refractivity contribution < 1.29 is 4.79 Å². The van der Waals surface area contributed by atoms with Crippen LogP contribution < -0.4 is 5.43 Å². The number of aromatic nitrogens is 2. The molecule has 0 aliphatic carbocycles. The van der Waals surface area contributed by atoms with Crippen molar-refractivity contribution in [2.75, 3.05) is 5.75 Å². The fourth-order valence-electron chi connectivity index (χ4n) is 2.55. The van der Waals surface area contributed by atoms with E-state index < -0.39 is 0 Å². The van der Waals surface area contributed by atoms with E-state index in [0.717, 1.165) is 20.0 Å². The maximum atomic E-state index is 12.0. The van der Waals surface area contributed by atoms with Gasteiger partial charge in [-0.25, -0.2) is 5.43 Å². The number of amides is 1. The monoisotopic (exact) mass is 470 g/mol. The van der Waals surface area contributed by atoms with Gasteiger partial charge in [-0.1, -0.05) is 110 Å². The molecule has 1 amide bonds. The van der Waals surface area contributed by atoms with Gasteiger partial charge < -0.3 is 0 Å². The van der Waals surface area contributed by atoms with Crippen LogP contribution in [-0.4, -0.2) is 28.1 Å². The largest absolute Gasteiger partial charge is 0.272 e. The third-order valence-corrected chi connectivity index (χ3v) is 7.64. The Labute approximate surface area is 196 Å². The van der Waals surface area contributed by atoms with Gasteiger partial charge in [-0.05, 0) is 29.0 Å². The molecular formula is C23H26N4OS3. The minimum absolute atomic E-state index is 0.116. The van der Waals surface area contributed by atoms with Crippen LogP contribution in [-0.2, 0) is 16.0 Å². The van der Waals surface area contributed by atoms with Crippen LogP contribution in [0.5, 0.6) is 0 Å². The van der Waals surface area contributed by atoms with Crippen LogP contribution in [0.2, 0.25) is 0 Å². The van der Waals surface area contributed by atoms with E-state index in [-0.39, 0.29) is 17.1 Å². The smallest absolute Gasteiger partial charge is 0.250 e. The highest BCUT2D eigenvalue weighted by atomic mass is 32.2. The predicted molar refractivity (Wildman–Crippen MR) is 132 cm³/mol. The second-order valence-electron chi connectivity index (χ2n) is 8.06. The summed E-state index contributed by atoms with van der Waals surface area (Å²) in [5.41, 5.74) is 7.40. The van der Waals surface area contributed by atoms with Crippen molar-refractivity contribution in [1.82, 2.24) is 15.6 Å². The van der Waals surface area contributed by atoms with E-state index in [1.165, 1.54) is 39.8 Å². The summed E-state index contributed by atoms with van der Waals surface area (Å²) < 4.78 is 1.68. The molecule has 0 saturated carbocycles. The SMILES string of the molecule is Cc1ccc(CSc2nnc(SCC(=O)N/N=C/c3ccc(C(C)(C)C)cc3)s2)cc1. The summed E-state index contributed by atoms with van der Waals surface area (Å²) in [5, 5.41) is 12.4. The van der Waals surface area contributed by atoms with Crippen molar-refractivity contribution in [3.63, 3.8) is 0 Å². The maximum absolute atomic E-state index is 12.0. The number of benzene rings is 2. The van der Waals surface area contributed by atoms with Gasteiger partial charge in [0, 0.05) is 5.75 Å². The van der Waals surface area contributed by atoms with Gasteiger partial charge in [-0.3, -0.25) is 4.79 Å². The molecule has 1 aromatic heterocycles. The molecule has 1 heterocycles. The average Bonchev–Trinajstić information content (AvgIpc) is 3.19. The highest BCUT2D eigenvalue weighted by Gasteiger charge is 2.12. The van der Waals surface area contributed by atoms with Crippen molar-refractivity contribution in [2.45, 2.75) is 47.5 Å². The number of hydrogen-bond acceptors (Lipinski definition) is 7. The highest BCUT2D eigenvalue weighted by Crippen LogP contribution is 2.30. The number of hydrogen-bond donors (Lipinski definition) is 1. The van der Waals surface area contributed by atoms with E-state index in [4.69, 9.17) is 0 Å². The molecule has 0 atom stereocenters. The fourth-order valence-corrected chi connectivity index (χ4v) is 5.32. The maximum Gasteiger partial charge on any atom is 0.250 e. The topological polar surface area (TPSA) is 67.2 Å². The highest BCUT2D eigenvalue weighted by molar-refractivity contribution is 8.03. The van der Waals surface area contributed by atoms with E-state index in [1.807, 2.05) is 12.1 Å². The number of aryl methyl sites for hydroxylation is 1. The first kappa shape index (κ1) is 23.5. The van der Waals surface area contributed by atoms with Gasteiger partial charge in [0.05, 0.1) is 12.0 Å². The van der Waals surface area contributed by atoms with Gasteiger partial charge in [0.25, 0.3) is 5.91 Å². The lowest BCUT2D eigenvalue weighted by Gasteiger charge is -2.18. The van der Waals surface area contributed by atoms with Crippen LogP contribution in [0.15, 0.2) is 62.3 Å². The predicted octanol–water partition coefficient (Wildman–Crippen LogP) is 5.68. The molecule has 0 bridgehead atoms. The Morgan fingerprint density at radius 3 is 2.32 bits per heavy atom. The van der Waals surface area contributed by atoms with Crippen molar-refractivity contribution in [2.24, 2.45) is 5.10 Å². The Hall–Kier alpha value is -2.16. The molecule has 0 unspecified atom stereocenters. The Kier molecular flexibility index (Phi) is 8.28. The number of nitrogens with one attached hydrogen (secondary N) is 1. The Bertz CT molecular complexity index is 1020. The van der Waals surface area contributed by atoms with Crippen molar-refractivity contribution >= 4 is 47.0 Å². The number of rotatable bonds is 8. The Morgan fingerprint density at radius 2 is 1.68 bits per heavy atom. The molecule has 0 spiro atoms. The van der Waals surface area contributed by atoms with E-state index in [2.05, 4.69) is 84.8 Å². The Balaban J connectivity index is 1.40. The first-order valence-electron chi connectivity index (χ1n) is 9.87. The summed E-state index contributed by atoms with van der Waals surface area (Å²) in [7, 11) is 0. The number of carbonyl (C=O) groups is 1. The van der Waals surface area contributed by atoms with Gasteiger partial charge in [0.15, 0.2) is 8.68 Å². The summed E-state index contributed by atoms with van der Waals surface area (Å²) in [6.45, 7) is 8.61. The zero-order valence-corrected chi connectivity index (χ0v) is 20.5. The van der Waals surface area contributed by atoms with E-state index >= 15 is 0 Å². The molecule has 3 aromatic rings. The van der Waals surface area contributed by atoms with Gasteiger partial charge in [0.2, 0.25) is 0 Å². The third kappa shape index (κ3) is 7.79. The van der Waals surface area contributed by atoms with Crippen LogP contribution in [0.25, 0.3) is 0 Å². The molecule has 8 heteroatoms. The fraction of sp³-hybridized carbons (Fsp3) is 0.304. The van der Waals surface area contributed by atoms with Crippen molar-refractivity contribution in [3.8, 4) is 0 Å². The normalized spacial score (nSPS) is 11.7. The zero-order valence-electron chi connectivity index (χ0n) is 18.1. The minimum atomic E-state index is -0.170. The number of hydrazone groups is 1. The molecule has 0 aliphatic heterocycles. The number of thioether (sulfide) groups is 2. The summed E-state index contributed by atoms with van der Waals surface area (Å²) >= 11 is 4.53. The lowest BCUT2D eigenvalue weighted by molar-refractivity contribution is -0.118. The molecule has 162 valence electrons. The number of carbonyl (C=O) groups excluding carboxylic acids is 1. The van der Waals surface area contributed by atoms with Crippen LogP contribution in [0.4, 0.5) is 0 Å². The molecule has 1 N–H and O–H groups in total. The molecule has 0 aliphatic rings. The first-order valence-corrected chi connectivity index (χ1v) is 12.7. The van der Waals surface area contributed by atoms with Crippen LogP contribution in [0.1, 0.15) is 43.0 Å². The average molecular weight is 471 g/mol.